The Bertz CT molecular complexity index is 75.9. The van der Waals surface area contributed by atoms with Crippen molar-refractivity contribution in [2.24, 2.45) is 10.5 Å². The van der Waals surface area contributed by atoms with Crippen molar-refractivity contribution < 1.29 is 4.84 Å². The lowest BCUT2D eigenvalue weighted by molar-refractivity contribution is 0.136. The first kappa shape index (κ1) is 8.00. The van der Waals surface area contributed by atoms with Gasteiger partial charge < -0.3 is 4.84 Å². The SMILES string of the molecule is O=NCCCCON=O. The second-order valence-corrected chi connectivity index (χ2v) is 1.47. The van der Waals surface area contributed by atoms with Crippen LogP contribution in [-0.4, -0.2) is 13.2 Å². The van der Waals surface area contributed by atoms with Gasteiger partial charge in [-0.3, -0.25) is 0 Å². The molecule has 52 valence electrons. The van der Waals surface area contributed by atoms with E-state index in [2.05, 4.69) is 15.4 Å². The first-order chi connectivity index (χ1) is 4.41. The number of unbranched alkanes of at least 4 members (excludes halogenated alkanes) is 1. The molecule has 0 aromatic heterocycles. The molecule has 0 aliphatic carbocycles. The van der Waals surface area contributed by atoms with Crippen LogP contribution in [0.2, 0.25) is 0 Å². The van der Waals surface area contributed by atoms with Crippen LogP contribution < -0.4 is 0 Å². The molecule has 0 aromatic carbocycles. The molecule has 0 atom stereocenters. The Hall–Kier alpha value is -1.00. The van der Waals surface area contributed by atoms with Crippen molar-refractivity contribution in [3.63, 3.8) is 0 Å². The maximum absolute atomic E-state index is 9.46. The van der Waals surface area contributed by atoms with E-state index in [1.807, 2.05) is 0 Å². The minimum Gasteiger partial charge on any atom is -0.364 e. The average Bonchev–Trinajstić information content (AvgIpc) is 1.89. The number of nitroso groups, excluding NO2 is 1. The lowest BCUT2D eigenvalue weighted by Gasteiger charge is -1.90. The standard InChI is InChI=1S/C4H8N2O3/c7-5-3-1-2-4-9-6-8/h1-4H2. The van der Waals surface area contributed by atoms with Gasteiger partial charge in [0, 0.05) is 0 Å². The summed E-state index contributed by atoms with van der Waals surface area (Å²) >= 11 is 0. The van der Waals surface area contributed by atoms with Crippen LogP contribution >= 0.6 is 0 Å². The fraction of sp³-hybridized carbons (Fsp3) is 1.00. The minimum absolute atomic E-state index is 0.277. The monoisotopic (exact) mass is 132 g/mol. The Morgan fingerprint density at radius 3 is 2.56 bits per heavy atom. The third-order valence-corrected chi connectivity index (χ3v) is 0.788. The molecular formula is C4H8N2O3. The quantitative estimate of drug-likeness (QED) is 0.310. The molecule has 0 heterocycles. The molecule has 0 fully saturated rings. The van der Waals surface area contributed by atoms with E-state index >= 15 is 0 Å². The molecule has 0 radical (unpaired) electrons. The highest BCUT2D eigenvalue weighted by atomic mass is 16.7. The molecule has 0 spiro atoms. The maximum atomic E-state index is 9.46. The molecule has 0 N–H and O–H groups in total. The molecule has 0 bridgehead atoms. The van der Waals surface area contributed by atoms with E-state index < -0.39 is 0 Å². The van der Waals surface area contributed by atoms with Gasteiger partial charge in [0.15, 0.2) is 5.34 Å². The van der Waals surface area contributed by atoms with Crippen molar-refractivity contribution in [1.82, 2.24) is 0 Å². The summed E-state index contributed by atoms with van der Waals surface area (Å²) < 4.78 is 0. The number of hydrogen-bond donors (Lipinski definition) is 0. The van der Waals surface area contributed by atoms with Gasteiger partial charge in [0.25, 0.3) is 0 Å². The van der Waals surface area contributed by atoms with Crippen molar-refractivity contribution in [2.45, 2.75) is 12.8 Å². The lowest BCUT2D eigenvalue weighted by Crippen LogP contribution is -1.88. The van der Waals surface area contributed by atoms with Gasteiger partial charge in [-0.1, -0.05) is 5.18 Å². The molecule has 0 aliphatic heterocycles. The zero-order valence-corrected chi connectivity index (χ0v) is 4.95. The molecule has 5 nitrogen and oxygen atoms in total. The zero-order chi connectivity index (χ0) is 6.95. The van der Waals surface area contributed by atoms with Crippen LogP contribution in [0, 0.1) is 9.81 Å². The molecule has 0 saturated heterocycles. The Kier molecular flexibility index (Phi) is 6.22. The van der Waals surface area contributed by atoms with E-state index in [1.165, 1.54) is 0 Å². The van der Waals surface area contributed by atoms with Gasteiger partial charge in [-0.15, -0.1) is 4.91 Å². The predicted octanol–water partition coefficient (Wildman–Crippen LogP) is 1.23. The molecule has 0 saturated carbocycles. The van der Waals surface area contributed by atoms with Crippen LogP contribution in [-0.2, 0) is 4.84 Å². The topological polar surface area (TPSA) is 68.1 Å². The van der Waals surface area contributed by atoms with Crippen LogP contribution in [0.4, 0.5) is 0 Å². The Balaban J connectivity index is 2.74. The van der Waals surface area contributed by atoms with E-state index in [0.717, 1.165) is 0 Å². The van der Waals surface area contributed by atoms with Gasteiger partial charge >= 0.3 is 0 Å². The van der Waals surface area contributed by atoms with E-state index in [0.29, 0.717) is 12.8 Å². The predicted molar refractivity (Wildman–Crippen MR) is 31.6 cm³/mol. The first-order valence-corrected chi connectivity index (χ1v) is 2.65. The molecular weight excluding hydrogens is 124 g/mol. The van der Waals surface area contributed by atoms with Crippen molar-refractivity contribution in [2.75, 3.05) is 13.2 Å². The van der Waals surface area contributed by atoms with Crippen molar-refractivity contribution in [3.05, 3.63) is 9.81 Å². The third-order valence-electron chi connectivity index (χ3n) is 0.788. The van der Waals surface area contributed by atoms with E-state index in [-0.39, 0.29) is 13.2 Å². The van der Waals surface area contributed by atoms with Crippen LogP contribution in [0.15, 0.2) is 10.5 Å². The van der Waals surface area contributed by atoms with Crippen LogP contribution in [0.25, 0.3) is 0 Å². The van der Waals surface area contributed by atoms with Gasteiger partial charge in [0.1, 0.15) is 6.61 Å². The number of rotatable bonds is 6. The van der Waals surface area contributed by atoms with Gasteiger partial charge in [-0.2, -0.15) is 4.91 Å². The van der Waals surface area contributed by atoms with Crippen LogP contribution in [0.1, 0.15) is 12.8 Å². The van der Waals surface area contributed by atoms with E-state index in [9.17, 15) is 9.81 Å². The third kappa shape index (κ3) is 7.00. The van der Waals surface area contributed by atoms with E-state index in [1.54, 1.807) is 0 Å². The summed E-state index contributed by atoms with van der Waals surface area (Å²) in [6, 6.07) is 0. The minimum atomic E-state index is 0.277. The van der Waals surface area contributed by atoms with Crippen LogP contribution in [0.3, 0.4) is 0 Å². The van der Waals surface area contributed by atoms with Crippen molar-refractivity contribution >= 4 is 0 Å². The normalized spacial score (nSPS) is 8.44. The highest BCUT2D eigenvalue weighted by Gasteiger charge is 1.87. The highest BCUT2D eigenvalue weighted by Crippen LogP contribution is 1.89. The second kappa shape index (κ2) is 7.00. The fourth-order valence-corrected chi connectivity index (χ4v) is 0.380. The summed E-state index contributed by atoms with van der Waals surface area (Å²) in [4.78, 5) is 22.8. The molecule has 0 amide bonds. The van der Waals surface area contributed by atoms with Gasteiger partial charge in [-0.05, 0) is 12.8 Å². The van der Waals surface area contributed by atoms with Gasteiger partial charge in [0.05, 0.1) is 6.54 Å². The summed E-state index contributed by atoms with van der Waals surface area (Å²) in [5, 5.41) is 4.79. The molecule has 5 heteroatoms. The fourth-order valence-electron chi connectivity index (χ4n) is 0.380. The van der Waals surface area contributed by atoms with Gasteiger partial charge in [-0.25, -0.2) is 0 Å². The van der Waals surface area contributed by atoms with E-state index in [4.69, 9.17) is 0 Å². The maximum Gasteiger partial charge on any atom is 0.155 e. The lowest BCUT2D eigenvalue weighted by atomic mass is 10.3. The summed E-state index contributed by atoms with van der Waals surface area (Å²) in [6.45, 7) is 0.557. The molecule has 0 aliphatic rings. The first-order valence-electron chi connectivity index (χ1n) is 2.65. The van der Waals surface area contributed by atoms with Crippen molar-refractivity contribution in [1.29, 1.82) is 0 Å². The van der Waals surface area contributed by atoms with Gasteiger partial charge in [0.2, 0.25) is 0 Å². The summed E-state index contributed by atoms with van der Waals surface area (Å²) in [5.74, 6) is 0. The highest BCUT2D eigenvalue weighted by molar-refractivity contribution is 4.41. The molecule has 0 rings (SSSR count). The number of nitrogens with zero attached hydrogens (tertiary/aromatic N) is 2. The summed E-state index contributed by atoms with van der Waals surface area (Å²) in [7, 11) is 0. The van der Waals surface area contributed by atoms with Crippen molar-refractivity contribution in [3.8, 4) is 0 Å². The van der Waals surface area contributed by atoms with Crippen LogP contribution in [0.5, 0.6) is 0 Å². The Morgan fingerprint density at radius 2 is 2.00 bits per heavy atom. The second-order valence-electron chi connectivity index (χ2n) is 1.47. The Labute approximate surface area is 52.3 Å². The summed E-state index contributed by atoms with van der Waals surface area (Å²) in [6.07, 6.45) is 1.30. The summed E-state index contributed by atoms with van der Waals surface area (Å²) in [5.41, 5.74) is 0. The molecule has 9 heavy (non-hydrogen) atoms. The molecule has 0 unspecified atom stereocenters. The smallest absolute Gasteiger partial charge is 0.155 e. The zero-order valence-electron chi connectivity index (χ0n) is 4.95. The average molecular weight is 132 g/mol. The Morgan fingerprint density at radius 1 is 1.22 bits per heavy atom. The number of hydrogen-bond acceptors (Lipinski definition) is 5. The largest absolute Gasteiger partial charge is 0.364 e. The molecule has 0 aromatic rings.